The van der Waals surface area contributed by atoms with Crippen LogP contribution in [0, 0.1) is 11.3 Å². The number of aromatic amines is 1. The van der Waals surface area contributed by atoms with E-state index >= 15 is 0 Å². The number of aryl methyl sites for hydroxylation is 1. The topological polar surface area (TPSA) is 106 Å². The molecule has 3 aromatic rings. The Bertz CT molecular complexity index is 1250. The molecule has 0 unspecified atom stereocenters. The van der Waals surface area contributed by atoms with Crippen LogP contribution in [-0.4, -0.2) is 17.3 Å². The van der Waals surface area contributed by atoms with Gasteiger partial charge in [-0.05, 0) is 57.7 Å². The maximum atomic E-state index is 9.88. The Balaban J connectivity index is 1.75. The van der Waals surface area contributed by atoms with Gasteiger partial charge in [-0.1, -0.05) is 37.1 Å². The molecule has 0 saturated heterocycles. The number of fused-ring (bicyclic) bond motifs is 1. The molecule has 0 fully saturated rings. The minimum atomic E-state index is -0.449. The smallest absolute Gasteiger partial charge is 0.244 e. The molecular formula is C24H22BrClN4O3. The second-order valence-electron chi connectivity index (χ2n) is 7.55. The van der Waals surface area contributed by atoms with Crippen LogP contribution in [0.2, 0.25) is 5.02 Å². The number of nitrogens with two attached hydrogens (primary N) is 1. The van der Waals surface area contributed by atoms with E-state index in [4.69, 9.17) is 31.5 Å². The number of methoxy groups -OCH3 is 1. The summed E-state index contributed by atoms with van der Waals surface area (Å²) in [5, 5.41) is 17.9. The number of nitrogens with zero attached hydrogens (tertiary/aromatic N) is 2. The van der Waals surface area contributed by atoms with Crippen molar-refractivity contribution < 1.29 is 14.2 Å². The molecule has 1 aliphatic rings. The maximum Gasteiger partial charge on any atom is 0.244 e. The first-order chi connectivity index (χ1) is 16.0. The Morgan fingerprint density at radius 3 is 2.73 bits per heavy atom. The Morgan fingerprint density at radius 1 is 1.30 bits per heavy atom. The van der Waals surface area contributed by atoms with Crippen LogP contribution in [0.15, 0.2) is 52.3 Å². The van der Waals surface area contributed by atoms with Crippen molar-refractivity contribution in [3.05, 3.63) is 79.7 Å². The molecule has 1 atom stereocenters. The van der Waals surface area contributed by atoms with Crippen LogP contribution in [0.5, 0.6) is 17.4 Å². The van der Waals surface area contributed by atoms with Crippen LogP contribution in [-0.2, 0) is 13.0 Å². The lowest BCUT2D eigenvalue weighted by molar-refractivity contribution is 0.282. The minimum Gasteiger partial charge on any atom is -0.493 e. The fourth-order valence-electron chi connectivity index (χ4n) is 3.87. The zero-order valence-electron chi connectivity index (χ0n) is 18.1. The van der Waals surface area contributed by atoms with E-state index in [2.05, 4.69) is 39.1 Å². The molecule has 0 amide bonds. The van der Waals surface area contributed by atoms with Gasteiger partial charge in [0.1, 0.15) is 18.2 Å². The fourth-order valence-corrected chi connectivity index (χ4v) is 4.57. The van der Waals surface area contributed by atoms with Crippen LogP contribution in [0.3, 0.4) is 0 Å². The number of hydrogen-bond donors (Lipinski definition) is 2. The van der Waals surface area contributed by atoms with Gasteiger partial charge in [-0.25, -0.2) is 0 Å². The number of hydrogen-bond acceptors (Lipinski definition) is 6. The molecule has 1 aromatic heterocycles. The maximum absolute atomic E-state index is 9.88. The number of H-pyrrole nitrogens is 1. The van der Waals surface area contributed by atoms with Crippen molar-refractivity contribution >= 4 is 27.5 Å². The Labute approximate surface area is 205 Å². The largest absolute Gasteiger partial charge is 0.493 e. The molecule has 2 heterocycles. The molecule has 170 valence electrons. The van der Waals surface area contributed by atoms with Gasteiger partial charge in [0.05, 0.1) is 17.5 Å². The van der Waals surface area contributed by atoms with Gasteiger partial charge >= 0.3 is 0 Å². The van der Waals surface area contributed by atoms with Gasteiger partial charge in [0.2, 0.25) is 11.8 Å². The lowest BCUT2D eigenvalue weighted by atomic mass is 9.83. The molecule has 0 aliphatic carbocycles. The van der Waals surface area contributed by atoms with Gasteiger partial charge in [-0.3, -0.25) is 5.10 Å². The van der Waals surface area contributed by atoms with E-state index in [0.29, 0.717) is 39.1 Å². The summed E-state index contributed by atoms with van der Waals surface area (Å²) in [6.07, 6.45) is 1.67. The quantitative estimate of drug-likeness (QED) is 0.414. The standard InChI is InChI=1S/C24H22BrClN4O3/c1-3-4-18-21-20(16(11-27)23(28)33-24(21)30-29-18)14-9-17(25)22(19(10-14)31-2)32-12-13-5-7-15(26)8-6-13/h5-10,20H,3-4,12,28H2,1-2H3,(H,29,30)/t20-/m0/s1. The predicted octanol–water partition coefficient (Wildman–Crippen LogP) is 5.58. The summed E-state index contributed by atoms with van der Waals surface area (Å²) >= 11 is 9.58. The van der Waals surface area contributed by atoms with Crippen LogP contribution >= 0.6 is 27.5 Å². The number of halogens is 2. The number of benzene rings is 2. The number of rotatable bonds is 7. The summed E-state index contributed by atoms with van der Waals surface area (Å²) in [6, 6.07) is 13.4. The number of nitrogens with one attached hydrogen (secondary N) is 1. The summed E-state index contributed by atoms with van der Waals surface area (Å²) in [5.41, 5.74) is 9.90. The molecule has 7 nitrogen and oxygen atoms in total. The molecule has 0 bridgehead atoms. The van der Waals surface area contributed by atoms with Crippen LogP contribution < -0.4 is 19.9 Å². The third-order valence-corrected chi connectivity index (χ3v) is 6.24. The van der Waals surface area contributed by atoms with Crippen LogP contribution in [0.25, 0.3) is 0 Å². The summed E-state index contributed by atoms with van der Waals surface area (Å²) in [5.74, 6) is 1.06. The van der Waals surface area contributed by atoms with E-state index in [-0.39, 0.29) is 5.88 Å². The lowest BCUT2D eigenvalue weighted by Gasteiger charge is -2.25. The molecule has 1 aliphatic heterocycles. The van der Waals surface area contributed by atoms with E-state index in [1.165, 1.54) is 0 Å². The van der Waals surface area contributed by atoms with Crippen molar-refractivity contribution in [1.29, 1.82) is 5.26 Å². The SMILES string of the molecule is CCCc1[nH]nc2c1[C@@H](c1cc(Br)c(OCc3ccc(Cl)cc3)c(OC)c1)C(C#N)=C(N)O2. The number of nitriles is 1. The molecule has 4 rings (SSSR count). The Morgan fingerprint density at radius 2 is 2.06 bits per heavy atom. The van der Waals surface area contributed by atoms with Crippen molar-refractivity contribution in [2.75, 3.05) is 7.11 Å². The number of allylic oxidation sites excluding steroid dienone is 1. The van der Waals surface area contributed by atoms with Crippen LogP contribution in [0.1, 0.15) is 41.6 Å². The summed E-state index contributed by atoms with van der Waals surface area (Å²) in [6.45, 7) is 2.42. The predicted molar refractivity (Wildman–Crippen MR) is 128 cm³/mol. The van der Waals surface area contributed by atoms with Gasteiger partial charge in [0.15, 0.2) is 11.5 Å². The zero-order chi connectivity index (χ0) is 23.5. The average Bonchev–Trinajstić information content (AvgIpc) is 3.20. The Hall–Kier alpha value is -3.15. The second-order valence-corrected chi connectivity index (χ2v) is 8.84. The molecular weight excluding hydrogens is 508 g/mol. The van der Waals surface area contributed by atoms with E-state index in [1.54, 1.807) is 7.11 Å². The fraction of sp³-hybridized carbons (Fsp3) is 0.250. The average molecular weight is 530 g/mol. The van der Waals surface area contributed by atoms with Gasteiger partial charge < -0.3 is 19.9 Å². The van der Waals surface area contributed by atoms with Gasteiger partial charge in [-0.15, -0.1) is 5.10 Å². The molecule has 9 heteroatoms. The highest BCUT2D eigenvalue weighted by molar-refractivity contribution is 9.10. The van der Waals surface area contributed by atoms with Gasteiger partial charge in [-0.2, -0.15) is 5.26 Å². The molecule has 0 spiro atoms. The first-order valence-corrected chi connectivity index (χ1v) is 11.5. The summed E-state index contributed by atoms with van der Waals surface area (Å²) in [4.78, 5) is 0. The number of aromatic nitrogens is 2. The summed E-state index contributed by atoms with van der Waals surface area (Å²) in [7, 11) is 1.58. The van der Waals surface area contributed by atoms with Crippen molar-refractivity contribution in [1.82, 2.24) is 10.2 Å². The number of ether oxygens (including phenoxy) is 3. The normalized spacial score (nSPS) is 14.9. The van der Waals surface area contributed by atoms with Crippen molar-refractivity contribution in [3.63, 3.8) is 0 Å². The second kappa shape index (κ2) is 9.77. The molecule has 33 heavy (non-hydrogen) atoms. The third kappa shape index (κ3) is 4.52. The van der Waals surface area contributed by atoms with E-state index in [9.17, 15) is 5.26 Å². The van der Waals surface area contributed by atoms with Crippen molar-refractivity contribution in [2.45, 2.75) is 32.3 Å². The molecule has 0 saturated carbocycles. The van der Waals surface area contributed by atoms with E-state index < -0.39 is 5.92 Å². The van der Waals surface area contributed by atoms with Crippen molar-refractivity contribution in [2.24, 2.45) is 5.73 Å². The lowest BCUT2D eigenvalue weighted by Crippen LogP contribution is -2.21. The molecule has 2 aromatic carbocycles. The van der Waals surface area contributed by atoms with Gasteiger partial charge in [0.25, 0.3) is 0 Å². The highest BCUT2D eigenvalue weighted by atomic mass is 79.9. The highest BCUT2D eigenvalue weighted by Crippen LogP contribution is 2.47. The van der Waals surface area contributed by atoms with Gasteiger partial charge in [0, 0.05) is 16.3 Å². The summed E-state index contributed by atoms with van der Waals surface area (Å²) < 4.78 is 18.0. The van der Waals surface area contributed by atoms with Crippen LogP contribution in [0.4, 0.5) is 0 Å². The monoisotopic (exact) mass is 528 g/mol. The highest BCUT2D eigenvalue weighted by Gasteiger charge is 2.35. The first-order valence-electron chi connectivity index (χ1n) is 10.4. The first kappa shape index (κ1) is 23.0. The Kier molecular flexibility index (Phi) is 6.82. The zero-order valence-corrected chi connectivity index (χ0v) is 20.5. The van der Waals surface area contributed by atoms with E-state index in [1.807, 2.05) is 36.4 Å². The minimum absolute atomic E-state index is 0.0442. The molecule has 0 radical (unpaired) electrons. The van der Waals surface area contributed by atoms with E-state index in [0.717, 1.165) is 35.2 Å². The third-order valence-electron chi connectivity index (χ3n) is 5.40. The van der Waals surface area contributed by atoms with Crippen molar-refractivity contribution in [3.8, 4) is 23.4 Å². The molecule has 3 N–H and O–H groups in total.